The van der Waals surface area contributed by atoms with E-state index in [0.29, 0.717) is 0 Å². The van der Waals surface area contributed by atoms with Crippen molar-refractivity contribution in [2.24, 2.45) is 0 Å². The number of carbonyl (C=O) groups excluding carboxylic acids is 4. The van der Waals surface area contributed by atoms with Crippen LogP contribution in [0.5, 0.6) is 0 Å². The number of hydrogen-bond donors (Lipinski definition) is 0. The second-order valence-electron chi connectivity index (χ2n) is 4.74. The smallest absolute Gasteiger partial charge is 0.304 e. The van der Waals surface area contributed by atoms with Gasteiger partial charge in [-0.25, -0.2) is 0 Å². The fourth-order valence-electron chi connectivity index (χ4n) is 1.69. The lowest BCUT2D eigenvalue weighted by atomic mass is 10.0. The van der Waals surface area contributed by atoms with Crippen LogP contribution in [0.3, 0.4) is 0 Å². The van der Waals surface area contributed by atoms with Gasteiger partial charge in [-0.1, -0.05) is 12.5 Å². The fourth-order valence-corrected chi connectivity index (χ4v) is 1.69. The van der Waals surface area contributed by atoms with E-state index >= 15 is 0 Å². The van der Waals surface area contributed by atoms with E-state index in [0.717, 1.165) is 20.8 Å². The maximum atomic E-state index is 11.4. The van der Waals surface area contributed by atoms with E-state index in [-0.39, 0.29) is 12.2 Å². The van der Waals surface area contributed by atoms with Gasteiger partial charge in [0.05, 0.1) is 0 Å². The first-order valence-corrected chi connectivity index (χ1v) is 6.87. The van der Waals surface area contributed by atoms with Gasteiger partial charge in [-0.15, -0.1) is 6.42 Å². The Balaban J connectivity index is 5.61. The normalized spacial score (nSPS) is 13.5. The predicted octanol–water partition coefficient (Wildman–Crippen LogP) is 0.534. The Kier molecular flexibility index (Phi) is 8.87. The summed E-state index contributed by atoms with van der Waals surface area (Å²) in [6.45, 7) is 7.87. The zero-order valence-corrected chi connectivity index (χ0v) is 14.0. The van der Waals surface area contributed by atoms with Gasteiger partial charge in [0.2, 0.25) is 6.10 Å². The quantitative estimate of drug-likeness (QED) is 0.273. The summed E-state index contributed by atoms with van der Waals surface area (Å²) >= 11 is 0. The molecule has 0 aromatic carbocycles. The number of terminal acetylenes is 1. The molecule has 3 atom stereocenters. The Hall–Kier alpha value is -2.82. The first-order valence-electron chi connectivity index (χ1n) is 6.87. The average molecular weight is 340 g/mol. The summed E-state index contributed by atoms with van der Waals surface area (Å²) in [6.07, 6.45) is 1.37. The topological polar surface area (TPSA) is 105 Å². The molecule has 0 fully saturated rings. The van der Waals surface area contributed by atoms with Crippen LogP contribution in [0.25, 0.3) is 0 Å². The molecule has 24 heavy (non-hydrogen) atoms. The van der Waals surface area contributed by atoms with Crippen molar-refractivity contribution < 1.29 is 38.1 Å². The average Bonchev–Trinajstić information content (AvgIpc) is 2.45. The van der Waals surface area contributed by atoms with Gasteiger partial charge in [0.25, 0.3) is 0 Å². The minimum atomic E-state index is -1.34. The van der Waals surface area contributed by atoms with Gasteiger partial charge in [0.15, 0.2) is 12.2 Å². The number of carbonyl (C=O) groups is 4. The van der Waals surface area contributed by atoms with Crippen LogP contribution in [0.1, 0.15) is 27.7 Å². The highest BCUT2D eigenvalue weighted by Gasteiger charge is 2.38. The van der Waals surface area contributed by atoms with Crippen LogP contribution >= 0.6 is 0 Å². The monoisotopic (exact) mass is 340 g/mol. The second kappa shape index (κ2) is 10.0. The summed E-state index contributed by atoms with van der Waals surface area (Å²) in [4.78, 5) is 44.8. The molecule has 8 nitrogen and oxygen atoms in total. The van der Waals surface area contributed by atoms with Gasteiger partial charge in [-0.05, 0) is 0 Å². The molecule has 0 saturated carbocycles. The zero-order chi connectivity index (χ0) is 18.9. The molecular weight excluding hydrogens is 320 g/mol. The Morgan fingerprint density at radius 1 is 0.917 bits per heavy atom. The molecule has 0 aliphatic heterocycles. The molecule has 0 heterocycles. The fraction of sp³-hybridized carbons (Fsp3) is 0.500. The molecule has 0 saturated heterocycles. The molecule has 0 rings (SSSR count). The van der Waals surface area contributed by atoms with Crippen LogP contribution < -0.4 is 0 Å². The largest absolute Gasteiger partial charge is 0.461 e. The van der Waals surface area contributed by atoms with Gasteiger partial charge in [0, 0.05) is 33.3 Å². The van der Waals surface area contributed by atoms with E-state index in [1.54, 1.807) is 0 Å². The van der Waals surface area contributed by atoms with Gasteiger partial charge < -0.3 is 18.9 Å². The van der Waals surface area contributed by atoms with Crippen LogP contribution in [0.4, 0.5) is 0 Å². The standard InChI is InChI=1S/C16H20O8/c1-7-14(22-11(4)18)16(24-13(6)20)15(23-12(5)19)9(2)8-21-10(3)17/h1,14-16H,2,8H2,3-6H3/t14-,15+,16-/m0/s1. The van der Waals surface area contributed by atoms with Crippen LogP contribution in [0, 0.1) is 12.3 Å². The van der Waals surface area contributed by atoms with Crippen molar-refractivity contribution in [3.63, 3.8) is 0 Å². The molecule has 0 aliphatic rings. The minimum Gasteiger partial charge on any atom is -0.461 e. The Morgan fingerprint density at radius 3 is 1.79 bits per heavy atom. The predicted molar refractivity (Wildman–Crippen MR) is 81.3 cm³/mol. The van der Waals surface area contributed by atoms with Crippen LogP contribution in [0.15, 0.2) is 12.2 Å². The lowest BCUT2D eigenvalue weighted by Gasteiger charge is -2.30. The maximum Gasteiger partial charge on any atom is 0.304 e. The SMILES string of the molecule is C#C[C@H](OC(C)=O)[C@H](OC(C)=O)[C@H](OC(C)=O)C(=C)COC(C)=O. The number of ether oxygens (including phenoxy) is 4. The van der Waals surface area contributed by atoms with Crippen molar-refractivity contribution in [2.45, 2.75) is 46.0 Å². The molecule has 0 amide bonds. The molecule has 8 heteroatoms. The third kappa shape index (κ3) is 7.98. The Labute approximate surface area is 140 Å². The van der Waals surface area contributed by atoms with Crippen molar-refractivity contribution in [3.8, 4) is 12.3 Å². The van der Waals surface area contributed by atoms with Crippen molar-refractivity contribution in [2.75, 3.05) is 6.61 Å². The number of esters is 4. The summed E-state index contributed by atoms with van der Waals surface area (Å²) in [5, 5.41) is 0. The molecule has 0 spiro atoms. The summed E-state index contributed by atoms with van der Waals surface area (Å²) in [6, 6.07) is 0. The van der Waals surface area contributed by atoms with Crippen molar-refractivity contribution >= 4 is 23.9 Å². The highest BCUT2D eigenvalue weighted by atomic mass is 16.6. The van der Waals surface area contributed by atoms with Gasteiger partial charge in [0.1, 0.15) is 6.61 Å². The Bertz CT molecular complexity index is 557. The van der Waals surface area contributed by atoms with Crippen molar-refractivity contribution in [3.05, 3.63) is 12.2 Å². The first-order chi connectivity index (χ1) is 11.1. The van der Waals surface area contributed by atoms with E-state index in [4.69, 9.17) is 25.4 Å². The van der Waals surface area contributed by atoms with E-state index in [1.807, 2.05) is 0 Å². The first kappa shape index (κ1) is 21.2. The van der Waals surface area contributed by atoms with Crippen LogP contribution in [0.2, 0.25) is 0 Å². The van der Waals surface area contributed by atoms with Gasteiger partial charge in [-0.2, -0.15) is 0 Å². The maximum absolute atomic E-state index is 11.4. The second-order valence-corrected chi connectivity index (χ2v) is 4.74. The summed E-state index contributed by atoms with van der Waals surface area (Å²) in [7, 11) is 0. The third-order valence-electron chi connectivity index (χ3n) is 2.51. The molecule has 0 aromatic heterocycles. The minimum absolute atomic E-state index is 0.0963. The summed E-state index contributed by atoms with van der Waals surface area (Å²) in [5.74, 6) is -0.624. The number of rotatable bonds is 8. The summed E-state index contributed by atoms with van der Waals surface area (Å²) in [5.41, 5.74) is 0.0963. The lowest BCUT2D eigenvalue weighted by Crippen LogP contribution is -2.46. The van der Waals surface area contributed by atoms with Crippen LogP contribution in [-0.2, 0) is 38.1 Å². The zero-order valence-electron chi connectivity index (χ0n) is 14.0. The third-order valence-corrected chi connectivity index (χ3v) is 2.51. The molecular formula is C16H20O8. The summed E-state index contributed by atoms with van der Waals surface area (Å²) < 4.78 is 19.8. The Morgan fingerprint density at radius 2 is 1.42 bits per heavy atom. The van der Waals surface area contributed by atoms with E-state index < -0.39 is 42.2 Å². The molecule has 0 N–H and O–H groups in total. The lowest BCUT2D eigenvalue weighted by molar-refractivity contribution is -0.175. The van der Waals surface area contributed by atoms with Crippen molar-refractivity contribution in [1.29, 1.82) is 0 Å². The molecule has 0 aromatic rings. The number of hydrogen-bond acceptors (Lipinski definition) is 8. The molecule has 0 bridgehead atoms. The highest BCUT2D eigenvalue weighted by molar-refractivity contribution is 5.69. The van der Waals surface area contributed by atoms with Gasteiger partial charge in [-0.3, -0.25) is 19.2 Å². The van der Waals surface area contributed by atoms with E-state index in [9.17, 15) is 19.2 Å². The van der Waals surface area contributed by atoms with Crippen LogP contribution in [-0.4, -0.2) is 48.8 Å². The molecule has 132 valence electrons. The van der Waals surface area contributed by atoms with Crippen molar-refractivity contribution in [1.82, 2.24) is 0 Å². The molecule has 0 radical (unpaired) electrons. The molecule has 0 aliphatic carbocycles. The van der Waals surface area contributed by atoms with E-state index in [2.05, 4.69) is 12.5 Å². The highest BCUT2D eigenvalue weighted by Crippen LogP contribution is 2.19. The van der Waals surface area contributed by atoms with E-state index in [1.165, 1.54) is 6.92 Å². The van der Waals surface area contributed by atoms with Gasteiger partial charge >= 0.3 is 23.9 Å². The molecule has 0 unspecified atom stereocenters.